The van der Waals surface area contributed by atoms with Gasteiger partial charge in [0.05, 0.1) is 23.6 Å². The topological polar surface area (TPSA) is 49.8 Å². The third kappa shape index (κ3) is 3.99. The molecule has 1 N–H and O–H groups in total. The van der Waals surface area contributed by atoms with Crippen LogP contribution in [0.5, 0.6) is 11.5 Å². The Morgan fingerprint density at radius 2 is 1.96 bits per heavy atom. The van der Waals surface area contributed by atoms with Crippen molar-refractivity contribution in [2.24, 2.45) is 0 Å². The minimum Gasteiger partial charge on any atom is -0.506 e. The molecule has 8 heteroatoms. The zero-order chi connectivity index (χ0) is 18.8. The number of phenols is 1. The van der Waals surface area contributed by atoms with Gasteiger partial charge in [-0.3, -0.25) is 9.69 Å². The van der Waals surface area contributed by atoms with E-state index < -0.39 is 0 Å². The lowest BCUT2D eigenvalue weighted by Gasteiger charge is -2.14. The lowest BCUT2D eigenvalue weighted by Crippen LogP contribution is -2.27. The second kappa shape index (κ2) is 7.88. The van der Waals surface area contributed by atoms with Gasteiger partial charge in [0.25, 0.3) is 5.91 Å². The van der Waals surface area contributed by atoms with E-state index in [0.29, 0.717) is 26.4 Å². The van der Waals surface area contributed by atoms with Gasteiger partial charge in [0.15, 0.2) is 0 Å². The molecule has 0 aliphatic carbocycles. The molecule has 0 atom stereocenters. The van der Waals surface area contributed by atoms with Gasteiger partial charge in [-0.05, 0) is 35.9 Å². The number of carbonyl (C=O) groups is 1. The standard InChI is InChI=1S/C18H13Cl2NO3S2/c1-24-13-4-2-10(3-5-13)9-21-17(23)15(26-18(21)25)7-11-6-12(19)8-14(20)16(11)22/h2-8,22H,9H2,1H3/b15-7+. The van der Waals surface area contributed by atoms with Crippen LogP contribution in [0.1, 0.15) is 11.1 Å². The van der Waals surface area contributed by atoms with Crippen LogP contribution in [0.4, 0.5) is 0 Å². The summed E-state index contributed by atoms with van der Waals surface area (Å²) in [6.45, 7) is 0.355. The highest BCUT2D eigenvalue weighted by atomic mass is 35.5. The van der Waals surface area contributed by atoms with Crippen LogP contribution in [0.25, 0.3) is 6.08 Å². The zero-order valence-corrected chi connectivity index (χ0v) is 16.7. The number of phenolic OH excluding ortho intramolecular Hbond substituents is 1. The van der Waals surface area contributed by atoms with Crippen molar-refractivity contribution in [2.75, 3.05) is 7.11 Å². The van der Waals surface area contributed by atoms with Gasteiger partial charge in [0, 0.05) is 10.6 Å². The summed E-state index contributed by atoms with van der Waals surface area (Å²) in [7, 11) is 1.60. The quantitative estimate of drug-likeness (QED) is 0.544. The second-order valence-corrected chi connectivity index (χ2v) is 7.96. The maximum absolute atomic E-state index is 12.7. The molecule has 1 saturated heterocycles. The van der Waals surface area contributed by atoms with E-state index in [4.69, 9.17) is 40.2 Å². The van der Waals surface area contributed by atoms with Gasteiger partial charge >= 0.3 is 0 Å². The number of thiocarbonyl (C=S) groups is 1. The average Bonchev–Trinajstić information content (AvgIpc) is 2.87. The fraction of sp³-hybridized carbons (Fsp3) is 0.111. The summed E-state index contributed by atoms with van der Waals surface area (Å²) in [4.78, 5) is 14.6. The summed E-state index contributed by atoms with van der Waals surface area (Å²) < 4.78 is 5.58. The number of benzene rings is 2. The Hall–Kier alpha value is -1.73. The van der Waals surface area contributed by atoms with Crippen molar-refractivity contribution in [3.05, 3.63) is 62.5 Å². The first kappa shape index (κ1) is 19.0. The molecule has 1 amide bonds. The Balaban J connectivity index is 1.84. The number of halogens is 2. The monoisotopic (exact) mass is 425 g/mol. The minimum absolute atomic E-state index is 0.123. The normalized spacial score (nSPS) is 15.8. The summed E-state index contributed by atoms with van der Waals surface area (Å²) in [5.74, 6) is 0.384. The third-order valence-electron chi connectivity index (χ3n) is 3.72. The summed E-state index contributed by atoms with van der Waals surface area (Å²) in [5.41, 5.74) is 1.30. The molecule has 1 aliphatic rings. The van der Waals surface area contributed by atoms with E-state index in [0.717, 1.165) is 11.3 Å². The van der Waals surface area contributed by atoms with E-state index in [1.54, 1.807) is 19.3 Å². The number of rotatable bonds is 4. The summed E-state index contributed by atoms with van der Waals surface area (Å²) >= 11 is 18.4. The van der Waals surface area contributed by atoms with Gasteiger partial charge in [-0.25, -0.2) is 0 Å². The van der Waals surface area contributed by atoms with Crippen molar-refractivity contribution in [3.63, 3.8) is 0 Å². The number of amides is 1. The summed E-state index contributed by atoms with van der Waals surface area (Å²) in [6.07, 6.45) is 1.54. The lowest BCUT2D eigenvalue weighted by molar-refractivity contribution is -0.122. The molecule has 1 heterocycles. The molecule has 2 aromatic rings. The Labute approximate surface area is 170 Å². The van der Waals surface area contributed by atoms with E-state index in [9.17, 15) is 9.90 Å². The van der Waals surface area contributed by atoms with E-state index in [1.165, 1.54) is 22.7 Å². The molecule has 2 aromatic carbocycles. The minimum atomic E-state index is -0.230. The first-order valence-electron chi connectivity index (χ1n) is 7.45. The summed E-state index contributed by atoms with van der Waals surface area (Å²) in [5, 5.41) is 10.6. The van der Waals surface area contributed by atoms with Crippen LogP contribution in [0.2, 0.25) is 10.0 Å². The van der Waals surface area contributed by atoms with E-state index >= 15 is 0 Å². The van der Waals surface area contributed by atoms with Crippen molar-refractivity contribution >= 4 is 63.5 Å². The lowest BCUT2D eigenvalue weighted by atomic mass is 10.1. The van der Waals surface area contributed by atoms with Crippen LogP contribution in [-0.4, -0.2) is 27.3 Å². The van der Waals surface area contributed by atoms with Gasteiger partial charge in [0.1, 0.15) is 15.8 Å². The highest BCUT2D eigenvalue weighted by Crippen LogP contribution is 2.38. The number of thioether (sulfide) groups is 1. The third-order valence-corrected chi connectivity index (χ3v) is 5.60. The number of aromatic hydroxyl groups is 1. The van der Waals surface area contributed by atoms with Crippen LogP contribution in [0.3, 0.4) is 0 Å². The van der Waals surface area contributed by atoms with Crippen molar-refractivity contribution in [3.8, 4) is 11.5 Å². The van der Waals surface area contributed by atoms with Crippen molar-refractivity contribution in [1.82, 2.24) is 4.90 Å². The van der Waals surface area contributed by atoms with Crippen LogP contribution < -0.4 is 4.74 Å². The first-order valence-corrected chi connectivity index (χ1v) is 9.43. The number of hydrogen-bond donors (Lipinski definition) is 1. The molecule has 0 aromatic heterocycles. The molecular formula is C18H13Cl2NO3S2. The predicted octanol–water partition coefficient (Wildman–Crippen LogP) is 5.11. The Bertz CT molecular complexity index is 913. The molecule has 0 radical (unpaired) electrons. The molecule has 4 nitrogen and oxygen atoms in total. The van der Waals surface area contributed by atoms with Gasteiger partial charge in [0.2, 0.25) is 0 Å². The number of hydrogen-bond acceptors (Lipinski definition) is 5. The second-order valence-electron chi connectivity index (χ2n) is 5.44. The number of ether oxygens (including phenoxy) is 1. The SMILES string of the molecule is COc1ccc(CN2C(=O)/C(=C\c3cc(Cl)cc(Cl)c3O)SC2=S)cc1. The molecule has 0 saturated carbocycles. The molecule has 1 fully saturated rings. The highest BCUT2D eigenvalue weighted by Gasteiger charge is 2.32. The van der Waals surface area contributed by atoms with E-state index in [-0.39, 0.29) is 16.7 Å². The molecular weight excluding hydrogens is 413 g/mol. The fourth-order valence-electron chi connectivity index (χ4n) is 2.39. The maximum Gasteiger partial charge on any atom is 0.266 e. The van der Waals surface area contributed by atoms with Gasteiger partial charge in [-0.1, -0.05) is 59.3 Å². The fourth-order valence-corrected chi connectivity index (χ4v) is 4.14. The average molecular weight is 426 g/mol. The van der Waals surface area contributed by atoms with Gasteiger partial charge in [-0.2, -0.15) is 0 Å². The maximum atomic E-state index is 12.7. The molecule has 1 aliphatic heterocycles. The molecule has 3 rings (SSSR count). The number of methoxy groups -OCH3 is 1. The zero-order valence-electron chi connectivity index (χ0n) is 13.5. The van der Waals surface area contributed by atoms with Crippen LogP contribution in [0, 0.1) is 0 Å². The smallest absolute Gasteiger partial charge is 0.266 e. The largest absolute Gasteiger partial charge is 0.506 e. The number of carbonyl (C=O) groups excluding carboxylic acids is 1. The Morgan fingerprint density at radius 3 is 2.62 bits per heavy atom. The Morgan fingerprint density at radius 1 is 1.27 bits per heavy atom. The van der Waals surface area contributed by atoms with Crippen molar-refractivity contribution < 1.29 is 14.6 Å². The predicted molar refractivity (Wildman–Crippen MR) is 110 cm³/mol. The molecule has 0 bridgehead atoms. The van der Waals surface area contributed by atoms with Gasteiger partial charge < -0.3 is 9.84 Å². The highest BCUT2D eigenvalue weighted by molar-refractivity contribution is 8.26. The molecule has 134 valence electrons. The molecule has 26 heavy (non-hydrogen) atoms. The Kier molecular flexibility index (Phi) is 5.77. The van der Waals surface area contributed by atoms with Crippen LogP contribution in [-0.2, 0) is 11.3 Å². The molecule has 0 unspecified atom stereocenters. The van der Waals surface area contributed by atoms with E-state index in [1.807, 2.05) is 24.3 Å². The van der Waals surface area contributed by atoms with Gasteiger partial charge in [-0.15, -0.1) is 0 Å². The van der Waals surface area contributed by atoms with Crippen molar-refractivity contribution in [2.45, 2.75) is 6.54 Å². The first-order chi connectivity index (χ1) is 12.4. The summed E-state index contributed by atoms with van der Waals surface area (Å²) in [6, 6.07) is 10.4. The van der Waals surface area contributed by atoms with Crippen LogP contribution >= 0.6 is 47.2 Å². The van der Waals surface area contributed by atoms with Crippen molar-refractivity contribution in [1.29, 1.82) is 0 Å². The van der Waals surface area contributed by atoms with Crippen LogP contribution in [0.15, 0.2) is 41.3 Å². The molecule has 0 spiro atoms. The number of nitrogens with zero attached hydrogens (tertiary/aromatic N) is 1. The van der Waals surface area contributed by atoms with E-state index in [2.05, 4.69) is 0 Å².